The number of nitrogens with one attached hydrogen (secondary N) is 1. The van der Waals surface area contributed by atoms with E-state index in [9.17, 15) is 0 Å². The van der Waals surface area contributed by atoms with Crippen molar-refractivity contribution in [2.45, 2.75) is 39.3 Å². The molecule has 1 atom stereocenters. The first kappa shape index (κ1) is 19.1. The Balaban J connectivity index is 0.00000196. The lowest BCUT2D eigenvalue weighted by atomic mass is 9.99. The second kappa shape index (κ2) is 8.37. The first-order chi connectivity index (χ1) is 12.2. The number of halogens is 1. The number of hydrogen-bond acceptors (Lipinski definition) is 3. The van der Waals surface area contributed by atoms with Gasteiger partial charge in [0.15, 0.2) is 5.96 Å². The highest BCUT2D eigenvalue weighted by atomic mass is 127. The number of guanidine groups is 1. The SMILES string of the molecule is CN=C(NCC1CCc2nnc(C)n2C1)N1CCc2ccccc2C1.I. The van der Waals surface area contributed by atoms with Crippen LogP contribution >= 0.6 is 24.0 Å². The zero-order chi connectivity index (χ0) is 17.2. The van der Waals surface area contributed by atoms with Crippen molar-refractivity contribution in [2.75, 3.05) is 20.1 Å². The van der Waals surface area contributed by atoms with Crippen molar-refractivity contribution >= 4 is 29.9 Å². The van der Waals surface area contributed by atoms with E-state index in [0.29, 0.717) is 5.92 Å². The van der Waals surface area contributed by atoms with Crippen LogP contribution in [0, 0.1) is 12.8 Å². The average Bonchev–Trinajstić information content (AvgIpc) is 3.03. The summed E-state index contributed by atoms with van der Waals surface area (Å²) in [7, 11) is 1.88. The lowest BCUT2D eigenvalue weighted by Gasteiger charge is -2.33. The molecule has 1 unspecified atom stereocenters. The summed E-state index contributed by atoms with van der Waals surface area (Å²) in [5.41, 5.74) is 2.89. The summed E-state index contributed by atoms with van der Waals surface area (Å²) in [5, 5.41) is 12.1. The summed E-state index contributed by atoms with van der Waals surface area (Å²) >= 11 is 0. The van der Waals surface area contributed by atoms with E-state index in [1.807, 2.05) is 14.0 Å². The Morgan fingerprint density at radius 2 is 2.04 bits per heavy atom. The summed E-state index contributed by atoms with van der Waals surface area (Å²) in [4.78, 5) is 6.88. The van der Waals surface area contributed by atoms with Crippen molar-refractivity contribution in [2.24, 2.45) is 10.9 Å². The van der Waals surface area contributed by atoms with Gasteiger partial charge < -0.3 is 14.8 Å². The zero-order valence-corrected chi connectivity index (χ0v) is 17.8. The summed E-state index contributed by atoms with van der Waals surface area (Å²) < 4.78 is 2.26. The molecule has 1 aromatic heterocycles. The fraction of sp³-hybridized carbons (Fsp3) is 0.526. The minimum absolute atomic E-state index is 0. The van der Waals surface area contributed by atoms with Gasteiger partial charge in [0.25, 0.3) is 0 Å². The predicted octanol–water partition coefficient (Wildman–Crippen LogP) is 2.40. The minimum atomic E-state index is 0. The van der Waals surface area contributed by atoms with Crippen LogP contribution in [0.15, 0.2) is 29.3 Å². The Hall–Kier alpha value is -1.64. The van der Waals surface area contributed by atoms with E-state index in [1.54, 1.807) is 0 Å². The Bertz CT molecular complexity index is 784. The maximum atomic E-state index is 4.52. The first-order valence-corrected chi connectivity index (χ1v) is 9.15. The lowest BCUT2D eigenvalue weighted by molar-refractivity contribution is 0.340. The van der Waals surface area contributed by atoms with Crippen molar-refractivity contribution in [3.8, 4) is 0 Å². The van der Waals surface area contributed by atoms with Gasteiger partial charge >= 0.3 is 0 Å². The van der Waals surface area contributed by atoms with Crippen LogP contribution in [-0.4, -0.2) is 45.8 Å². The highest BCUT2D eigenvalue weighted by Crippen LogP contribution is 2.20. The lowest BCUT2D eigenvalue weighted by Crippen LogP contribution is -2.46. The highest BCUT2D eigenvalue weighted by molar-refractivity contribution is 14.0. The number of benzene rings is 1. The topological polar surface area (TPSA) is 58.3 Å². The molecule has 1 aromatic carbocycles. The molecule has 0 fully saturated rings. The number of aliphatic imine (C=N–C) groups is 1. The summed E-state index contributed by atoms with van der Waals surface area (Å²) in [6, 6.07) is 8.72. The molecule has 6 nitrogen and oxygen atoms in total. The van der Waals surface area contributed by atoms with Crippen LogP contribution < -0.4 is 5.32 Å². The molecule has 140 valence electrons. The third-order valence-electron chi connectivity index (χ3n) is 5.42. The number of fused-ring (bicyclic) bond motifs is 2. The Morgan fingerprint density at radius 1 is 1.23 bits per heavy atom. The van der Waals surface area contributed by atoms with Gasteiger partial charge in [-0.25, -0.2) is 0 Å². The predicted molar refractivity (Wildman–Crippen MR) is 114 cm³/mol. The maximum absolute atomic E-state index is 4.52. The monoisotopic (exact) mass is 466 g/mol. The second-order valence-corrected chi connectivity index (χ2v) is 7.05. The van der Waals surface area contributed by atoms with Crippen molar-refractivity contribution in [3.05, 3.63) is 47.0 Å². The first-order valence-electron chi connectivity index (χ1n) is 9.15. The van der Waals surface area contributed by atoms with Crippen LogP contribution in [0.4, 0.5) is 0 Å². The molecular weight excluding hydrogens is 439 g/mol. The van der Waals surface area contributed by atoms with Crippen LogP contribution in [0.25, 0.3) is 0 Å². The van der Waals surface area contributed by atoms with Gasteiger partial charge in [-0.2, -0.15) is 0 Å². The smallest absolute Gasteiger partial charge is 0.193 e. The molecule has 1 N–H and O–H groups in total. The quantitative estimate of drug-likeness (QED) is 0.420. The number of nitrogens with zero attached hydrogens (tertiary/aromatic N) is 5. The van der Waals surface area contributed by atoms with E-state index in [0.717, 1.165) is 63.0 Å². The molecule has 2 aliphatic heterocycles. The van der Waals surface area contributed by atoms with Crippen LogP contribution in [-0.2, 0) is 25.9 Å². The standard InChI is InChI=1S/C19H26N6.HI/c1-14-22-23-18-8-7-15(12-25(14)18)11-21-19(20-2)24-10-9-16-5-3-4-6-17(16)13-24;/h3-6,15H,7-13H2,1-2H3,(H,20,21);1H. The molecule has 0 saturated carbocycles. The molecule has 0 saturated heterocycles. The highest BCUT2D eigenvalue weighted by Gasteiger charge is 2.23. The maximum Gasteiger partial charge on any atom is 0.193 e. The Morgan fingerprint density at radius 3 is 2.85 bits per heavy atom. The molecule has 4 rings (SSSR count). The van der Waals surface area contributed by atoms with Crippen LogP contribution in [0.5, 0.6) is 0 Å². The van der Waals surface area contributed by atoms with Gasteiger partial charge in [-0.05, 0) is 36.8 Å². The summed E-state index contributed by atoms with van der Waals surface area (Å²) in [6.07, 6.45) is 3.26. The third-order valence-corrected chi connectivity index (χ3v) is 5.42. The average molecular weight is 466 g/mol. The molecule has 3 heterocycles. The van der Waals surface area contributed by atoms with Crippen molar-refractivity contribution in [1.29, 1.82) is 0 Å². The van der Waals surface area contributed by atoms with Crippen LogP contribution in [0.2, 0.25) is 0 Å². The van der Waals surface area contributed by atoms with E-state index in [1.165, 1.54) is 11.1 Å². The summed E-state index contributed by atoms with van der Waals surface area (Å²) in [5.74, 6) is 3.76. The largest absolute Gasteiger partial charge is 0.356 e. The van der Waals surface area contributed by atoms with E-state index in [2.05, 4.69) is 54.2 Å². The van der Waals surface area contributed by atoms with E-state index in [-0.39, 0.29) is 24.0 Å². The van der Waals surface area contributed by atoms with E-state index < -0.39 is 0 Å². The van der Waals surface area contributed by atoms with Gasteiger partial charge in [-0.15, -0.1) is 34.2 Å². The number of rotatable bonds is 2. The van der Waals surface area contributed by atoms with Gasteiger partial charge in [0, 0.05) is 39.6 Å². The van der Waals surface area contributed by atoms with E-state index in [4.69, 9.17) is 0 Å². The molecule has 26 heavy (non-hydrogen) atoms. The van der Waals surface area contributed by atoms with Crippen LogP contribution in [0.1, 0.15) is 29.2 Å². The van der Waals surface area contributed by atoms with Gasteiger partial charge in [0.1, 0.15) is 11.6 Å². The molecule has 0 amide bonds. The van der Waals surface area contributed by atoms with Gasteiger partial charge in [0.05, 0.1) is 0 Å². The summed E-state index contributed by atoms with van der Waals surface area (Å²) in [6.45, 7) is 5.95. The second-order valence-electron chi connectivity index (χ2n) is 7.05. The number of aromatic nitrogens is 3. The van der Waals surface area contributed by atoms with E-state index >= 15 is 0 Å². The molecule has 0 radical (unpaired) electrons. The van der Waals surface area contributed by atoms with Crippen molar-refractivity contribution < 1.29 is 0 Å². The minimum Gasteiger partial charge on any atom is -0.356 e. The molecule has 0 spiro atoms. The molecule has 7 heteroatoms. The van der Waals surface area contributed by atoms with Crippen molar-refractivity contribution in [1.82, 2.24) is 25.0 Å². The molecule has 0 bridgehead atoms. The normalized spacial score (nSPS) is 19.4. The van der Waals surface area contributed by atoms with Gasteiger partial charge in [-0.1, -0.05) is 24.3 Å². The number of aryl methyl sites for hydroxylation is 2. The Kier molecular flexibility index (Phi) is 6.16. The third kappa shape index (κ3) is 3.87. The fourth-order valence-electron chi connectivity index (χ4n) is 3.94. The van der Waals surface area contributed by atoms with Crippen molar-refractivity contribution in [3.63, 3.8) is 0 Å². The van der Waals surface area contributed by atoms with Gasteiger partial charge in [0.2, 0.25) is 0 Å². The number of hydrogen-bond donors (Lipinski definition) is 1. The fourth-order valence-corrected chi connectivity index (χ4v) is 3.94. The van der Waals surface area contributed by atoms with Gasteiger partial charge in [-0.3, -0.25) is 4.99 Å². The molecular formula is C19H27IN6. The Labute approximate surface area is 172 Å². The molecule has 2 aromatic rings. The zero-order valence-electron chi connectivity index (χ0n) is 15.5. The molecule has 0 aliphatic carbocycles. The van der Waals surface area contributed by atoms with Crippen LogP contribution in [0.3, 0.4) is 0 Å². The molecule has 2 aliphatic rings.